The fourth-order valence-corrected chi connectivity index (χ4v) is 4.71. The molecule has 2 N–H and O–H groups in total. The summed E-state index contributed by atoms with van der Waals surface area (Å²) in [5.41, 5.74) is 0.885. The first-order chi connectivity index (χ1) is 15.8. The molecule has 0 spiro atoms. The van der Waals surface area contributed by atoms with Gasteiger partial charge >= 0.3 is 7.60 Å². The molecule has 0 saturated carbocycles. The molecule has 176 valence electrons. The van der Waals surface area contributed by atoms with Crippen LogP contribution in [0.3, 0.4) is 0 Å². The molecule has 0 atom stereocenters. The summed E-state index contributed by atoms with van der Waals surface area (Å²) < 4.78 is 42.8. The fourth-order valence-electron chi connectivity index (χ4n) is 3.07. The van der Waals surface area contributed by atoms with Gasteiger partial charge in [-0.05, 0) is 32.0 Å². The Labute approximate surface area is 195 Å². The first-order valence-electron chi connectivity index (χ1n) is 10.0. The number of nitrogens with one attached hydrogen (secondary N) is 2. The summed E-state index contributed by atoms with van der Waals surface area (Å²) in [6.45, 7) is 3.59. The molecule has 1 heterocycles. The minimum atomic E-state index is -3.59. The van der Waals surface area contributed by atoms with E-state index in [-0.39, 0.29) is 35.4 Å². The predicted octanol–water partition coefficient (Wildman–Crippen LogP) is 5.38. The lowest BCUT2D eigenvalue weighted by atomic mass is 10.2. The highest BCUT2D eigenvalue weighted by molar-refractivity contribution is 7.54. The standard InChI is InChI=1S/C21H23ClFN4O5P/c1-4-31-33(29,32-5-2)11-19(28)26-17-9-13-16(10-18(17)30-3)24-12-25-21(13)27-15-8-6-7-14(22)20(15)23/h6-10,12H,4-5,11H2,1-3H3,(H,26,28)(H,24,25,27). The number of benzene rings is 2. The topological polar surface area (TPSA) is 112 Å². The molecule has 0 saturated heterocycles. The van der Waals surface area contributed by atoms with Crippen molar-refractivity contribution in [3.63, 3.8) is 0 Å². The Morgan fingerprint density at radius 3 is 2.55 bits per heavy atom. The smallest absolute Gasteiger partial charge is 0.340 e. The summed E-state index contributed by atoms with van der Waals surface area (Å²) in [6.07, 6.45) is 0.839. The van der Waals surface area contributed by atoms with Gasteiger partial charge in [-0.25, -0.2) is 14.4 Å². The van der Waals surface area contributed by atoms with Crippen molar-refractivity contribution in [1.29, 1.82) is 0 Å². The molecule has 3 aromatic rings. The maximum absolute atomic E-state index is 14.4. The number of carbonyl (C=O) groups is 1. The van der Waals surface area contributed by atoms with E-state index in [9.17, 15) is 13.8 Å². The Morgan fingerprint density at radius 1 is 1.15 bits per heavy atom. The normalized spacial score (nSPS) is 11.4. The van der Waals surface area contributed by atoms with E-state index in [2.05, 4.69) is 20.6 Å². The monoisotopic (exact) mass is 496 g/mol. The van der Waals surface area contributed by atoms with Crippen LogP contribution < -0.4 is 15.4 Å². The number of nitrogens with zero attached hydrogens (tertiary/aromatic N) is 2. The third kappa shape index (κ3) is 5.97. The van der Waals surface area contributed by atoms with Gasteiger partial charge in [-0.2, -0.15) is 0 Å². The Kier molecular flexibility index (Phi) is 8.20. The first kappa shape index (κ1) is 24.9. The van der Waals surface area contributed by atoms with Crippen molar-refractivity contribution in [3.05, 3.63) is 47.5 Å². The van der Waals surface area contributed by atoms with Gasteiger partial charge in [0, 0.05) is 11.5 Å². The highest BCUT2D eigenvalue weighted by atomic mass is 35.5. The van der Waals surface area contributed by atoms with E-state index >= 15 is 0 Å². The van der Waals surface area contributed by atoms with E-state index in [4.69, 9.17) is 25.4 Å². The van der Waals surface area contributed by atoms with E-state index in [1.807, 2.05) is 0 Å². The molecule has 1 aromatic heterocycles. The summed E-state index contributed by atoms with van der Waals surface area (Å²) in [5.74, 6) is -0.619. The number of fused-ring (bicyclic) bond motifs is 1. The van der Waals surface area contributed by atoms with Crippen molar-refractivity contribution in [3.8, 4) is 5.75 Å². The van der Waals surface area contributed by atoms with Crippen LogP contribution in [0.4, 0.5) is 21.6 Å². The molecule has 3 rings (SSSR count). The average molecular weight is 497 g/mol. The minimum Gasteiger partial charge on any atom is -0.494 e. The zero-order valence-electron chi connectivity index (χ0n) is 18.2. The van der Waals surface area contributed by atoms with Gasteiger partial charge in [-0.3, -0.25) is 9.36 Å². The second kappa shape index (κ2) is 10.9. The zero-order chi connectivity index (χ0) is 24.0. The third-order valence-corrected chi connectivity index (χ3v) is 6.69. The maximum atomic E-state index is 14.4. The molecule has 2 aromatic carbocycles. The van der Waals surface area contributed by atoms with Gasteiger partial charge in [0.15, 0.2) is 5.82 Å². The number of hydrogen-bond donors (Lipinski definition) is 2. The molecule has 0 bridgehead atoms. The molecular weight excluding hydrogens is 474 g/mol. The quantitative estimate of drug-likeness (QED) is 0.360. The number of rotatable bonds is 10. The second-order valence-corrected chi connectivity index (χ2v) is 9.13. The van der Waals surface area contributed by atoms with Crippen LogP contribution in [0.1, 0.15) is 13.8 Å². The number of aromatic nitrogens is 2. The minimum absolute atomic E-state index is 0.0407. The van der Waals surface area contributed by atoms with Crippen LogP contribution in [0, 0.1) is 5.82 Å². The van der Waals surface area contributed by atoms with Gasteiger partial charge in [0.05, 0.1) is 42.2 Å². The summed E-state index contributed by atoms with van der Waals surface area (Å²) >= 11 is 5.86. The molecule has 0 fully saturated rings. The van der Waals surface area contributed by atoms with E-state index in [1.165, 1.54) is 25.6 Å². The van der Waals surface area contributed by atoms with Crippen LogP contribution in [0.2, 0.25) is 5.02 Å². The Hall–Kier alpha value is -2.78. The summed E-state index contributed by atoms with van der Waals surface area (Å²) in [6, 6.07) is 7.71. The van der Waals surface area contributed by atoms with Gasteiger partial charge in [0.25, 0.3) is 0 Å². The number of methoxy groups -OCH3 is 1. The molecule has 1 amide bonds. The van der Waals surface area contributed by atoms with E-state index in [1.54, 1.807) is 32.0 Å². The number of halogens is 2. The van der Waals surface area contributed by atoms with Gasteiger partial charge in [-0.15, -0.1) is 0 Å². The number of hydrogen-bond acceptors (Lipinski definition) is 8. The average Bonchev–Trinajstić information content (AvgIpc) is 2.77. The van der Waals surface area contributed by atoms with Gasteiger partial charge in [0.2, 0.25) is 5.91 Å². The van der Waals surface area contributed by atoms with Crippen molar-refractivity contribution in [2.24, 2.45) is 0 Å². The summed E-state index contributed by atoms with van der Waals surface area (Å²) in [4.78, 5) is 21.0. The molecule has 33 heavy (non-hydrogen) atoms. The van der Waals surface area contributed by atoms with Crippen LogP contribution >= 0.6 is 19.2 Å². The highest BCUT2D eigenvalue weighted by Gasteiger charge is 2.28. The molecule has 9 nitrogen and oxygen atoms in total. The summed E-state index contributed by atoms with van der Waals surface area (Å²) in [5, 5.41) is 6.00. The van der Waals surface area contributed by atoms with Crippen molar-refractivity contribution < 1.29 is 27.5 Å². The van der Waals surface area contributed by atoms with E-state index in [0.717, 1.165) is 0 Å². The molecule has 0 unspecified atom stereocenters. The Morgan fingerprint density at radius 2 is 1.88 bits per heavy atom. The van der Waals surface area contributed by atoms with Crippen molar-refractivity contribution in [2.75, 3.05) is 37.1 Å². The van der Waals surface area contributed by atoms with Crippen LogP contribution in [-0.2, 0) is 18.4 Å². The van der Waals surface area contributed by atoms with Gasteiger partial charge in [-0.1, -0.05) is 17.7 Å². The molecule has 0 aliphatic heterocycles. The van der Waals surface area contributed by atoms with Gasteiger partial charge in [0.1, 0.15) is 24.1 Å². The number of carbonyl (C=O) groups excluding carboxylic acids is 1. The van der Waals surface area contributed by atoms with Crippen molar-refractivity contribution in [2.45, 2.75) is 13.8 Å². The first-order valence-corrected chi connectivity index (χ1v) is 12.1. The Bertz CT molecular complexity index is 1200. The fraction of sp³-hybridized carbons (Fsp3) is 0.286. The molecule has 12 heteroatoms. The molecule has 0 radical (unpaired) electrons. The second-order valence-electron chi connectivity index (χ2n) is 6.67. The van der Waals surface area contributed by atoms with Crippen molar-refractivity contribution in [1.82, 2.24) is 9.97 Å². The number of anilines is 3. The number of ether oxygens (including phenoxy) is 1. The van der Waals surface area contributed by atoms with E-state index in [0.29, 0.717) is 16.7 Å². The third-order valence-electron chi connectivity index (χ3n) is 4.42. The zero-order valence-corrected chi connectivity index (χ0v) is 19.9. The predicted molar refractivity (Wildman–Crippen MR) is 125 cm³/mol. The molecule has 0 aliphatic rings. The van der Waals surface area contributed by atoms with Crippen LogP contribution in [0.5, 0.6) is 5.75 Å². The van der Waals surface area contributed by atoms with Crippen molar-refractivity contribution >= 4 is 53.2 Å². The lowest BCUT2D eigenvalue weighted by molar-refractivity contribution is -0.114. The molecule has 0 aliphatic carbocycles. The summed E-state index contributed by atoms with van der Waals surface area (Å²) in [7, 11) is -2.16. The van der Waals surface area contributed by atoms with E-state index < -0.39 is 25.5 Å². The van der Waals surface area contributed by atoms with Crippen LogP contribution in [0.15, 0.2) is 36.7 Å². The highest BCUT2D eigenvalue weighted by Crippen LogP contribution is 2.48. The maximum Gasteiger partial charge on any atom is 0.340 e. The lowest BCUT2D eigenvalue weighted by Gasteiger charge is -2.18. The molecular formula is C21H23ClFN4O5P. The number of amides is 1. The lowest BCUT2D eigenvalue weighted by Crippen LogP contribution is -2.18. The van der Waals surface area contributed by atoms with Crippen LogP contribution in [0.25, 0.3) is 10.9 Å². The van der Waals surface area contributed by atoms with Crippen LogP contribution in [-0.4, -0.2) is 42.4 Å². The largest absolute Gasteiger partial charge is 0.494 e. The Balaban J connectivity index is 1.95. The van der Waals surface area contributed by atoms with Gasteiger partial charge < -0.3 is 24.4 Å². The SMILES string of the molecule is CCOP(=O)(CC(=O)Nc1cc2c(Nc3cccc(Cl)c3F)ncnc2cc1OC)OCC.